The fraction of sp³-hybridized carbons (Fsp3) is 0.533. The van der Waals surface area contributed by atoms with Crippen molar-refractivity contribution in [3.05, 3.63) is 35.4 Å². The predicted molar refractivity (Wildman–Crippen MR) is 71.3 cm³/mol. The van der Waals surface area contributed by atoms with Crippen molar-refractivity contribution in [2.75, 3.05) is 0 Å². The van der Waals surface area contributed by atoms with Crippen molar-refractivity contribution >= 4 is 5.91 Å². The highest BCUT2D eigenvalue weighted by atomic mass is 19.4. The minimum absolute atomic E-state index is 0.0467. The van der Waals surface area contributed by atoms with E-state index < -0.39 is 11.7 Å². The molecule has 2 heterocycles. The van der Waals surface area contributed by atoms with Gasteiger partial charge in [-0.1, -0.05) is 12.1 Å². The molecule has 1 aromatic rings. The van der Waals surface area contributed by atoms with Crippen LogP contribution in [0, 0.1) is 5.92 Å². The number of hydrogen-bond acceptors (Lipinski definition) is 2. The molecule has 3 nitrogen and oxygen atoms in total. The predicted octanol–water partition coefficient (Wildman–Crippen LogP) is 2.46. The van der Waals surface area contributed by atoms with Crippen LogP contribution in [0.1, 0.15) is 30.4 Å². The number of amides is 1. The Bertz CT molecular complexity index is 544. The summed E-state index contributed by atoms with van der Waals surface area (Å²) in [5.41, 5.74) is -0.217. The van der Waals surface area contributed by atoms with E-state index in [0.717, 1.165) is 31.4 Å². The van der Waals surface area contributed by atoms with Crippen molar-refractivity contribution < 1.29 is 18.0 Å². The highest BCUT2D eigenvalue weighted by molar-refractivity contribution is 5.80. The van der Waals surface area contributed by atoms with Crippen molar-refractivity contribution in [3.8, 4) is 0 Å². The van der Waals surface area contributed by atoms with E-state index in [1.54, 1.807) is 6.07 Å². The Morgan fingerprint density at radius 3 is 2.76 bits per heavy atom. The Morgan fingerprint density at radius 1 is 1.33 bits per heavy atom. The number of benzene rings is 1. The number of rotatable bonds is 3. The Kier molecular flexibility index (Phi) is 3.65. The number of carbonyl (C=O) groups excluding carboxylic acids is 1. The van der Waals surface area contributed by atoms with Gasteiger partial charge in [-0.3, -0.25) is 4.79 Å². The SMILES string of the molecule is O=C(NCc1cccc(C(F)(F)F)c1)C1CC2CCC1N2. The molecule has 3 atom stereocenters. The van der Waals surface area contributed by atoms with E-state index in [0.29, 0.717) is 11.6 Å². The molecular formula is C15H17F3N2O. The van der Waals surface area contributed by atoms with Crippen molar-refractivity contribution in [2.24, 2.45) is 5.92 Å². The van der Waals surface area contributed by atoms with E-state index in [2.05, 4.69) is 10.6 Å². The fourth-order valence-corrected chi connectivity index (χ4v) is 3.29. The van der Waals surface area contributed by atoms with Crippen molar-refractivity contribution in [3.63, 3.8) is 0 Å². The summed E-state index contributed by atoms with van der Waals surface area (Å²) in [7, 11) is 0. The van der Waals surface area contributed by atoms with E-state index in [1.165, 1.54) is 6.07 Å². The number of halogens is 3. The molecule has 6 heteroatoms. The molecule has 0 saturated carbocycles. The molecule has 0 aliphatic carbocycles. The summed E-state index contributed by atoms with van der Waals surface area (Å²) in [6.45, 7) is 0.136. The maximum atomic E-state index is 12.6. The van der Waals surface area contributed by atoms with Crippen LogP contribution in [0.25, 0.3) is 0 Å². The van der Waals surface area contributed by atoms with Gasteiger partial charge in [-0.2, -0.15) is 13.2 Å². The molecule has 2 bridgehead atoms. The molecule has 3 unspecified atom stereocenters. The van der Waals surface area contributed by atoms with Crippen LogP contribution in [0.5, 0.6) is 0 Å². The molecule has 2 N–H and O–H groups in total. The first-order valence-electron chi connectivity index (χ1n) is 7.13. The molecule has 1 amide bonds. The summed E-state index contributed by atoms with van der Waals surface area (Å²) in [5.74, 6) is -0.110. The molecular weight excluding hydrogens is 281 g/mol. The first-order valence-corrected chi connectivity index (χ1v) is 7.13. The van der Waals surface area contributed by atoms with Gasteiger partial charge in [0.15, 0.2) is 0 Å². The van der Waals surface area contributed by atoms with Crippen LogP contribution in [0.3, 0.4) is 0 Å². The third-order valence-electron chi connectivity index (χ3n) is 4.36. The van der Waals surface area contributed by atoms with Gasteiger partial charge in [0.25, 0.3) is 0 Å². The molecule has 0 radical (unpaired) electrons. The van der Waals surface area contributed by atoms with E-state index in [-0.39, 0.29) is 24.4 Å². The summed E-state index contributed by atoms with van der Waals surface area (Å²) >= 11 is 0. The molecule has 0 spiro atoms. The van der Waals surface area contributed by atoms with Gasteiger partial charge in [-0.15, -0.1) is 0 Å². The van der Waals surface area contributed by atoms with Crippen LogP contribution in [-0.4, -0.2) is 18.0 Å². The molecule has 0 aromatic heterocycles. The highest BCUT2D eigenvalue weighted by Gasteiger charge is 2.42. The van der Waals surface area contributed by atoms with E-state index in [9.17, 15) is 18.0 Å². The monoisotopic (exact) mass is 298 g/mol. The zero-order valence-corrected chi connectivity index (χ0v) is 11.4. The number of nitrogens with one attached hydrogen (secondary N) is 2. The second-order valence-corrected chi connectivity index (χ2v) is 5.81. The Hall–Kier alpha value is -1.56. The largest absolute Gasteiger partial charge is 0.416 e. The quantitative estimate of drug-likeness (QED) is 0.900. The zero-order valence-electron chi connectivity index (χ0n) is 11.4. The molecule has 21 heavy (non-hydrogen) atoms. The van der Waals surface area contributed by atoms with Gasteiger partial charge in [0.2, 0.25) is 5.91 Å². The Labute approximate surface area is 120 Å². The molecule has 2 fully saturated rings. The van der Waals surface area contributed by atoms with Crippen LogP contribution in [-0.2, 0) is 17.5 Å². The first kappa shape index (κ1) is 14.4. The standard InChI is InChI=1S/C15H17F3N2O/c16-15(17,18)10-3-1-2-9(6-10)8-19-14(21)12-7-11-4-5-13(12)20-11/h1-3,6,11-13,20H,4-5,7-8H2,(H,19,21). The maximum absolute atomic E-state index is 12.6. The second-order valence-electron chi connectivity index (χ2n) is 5.81. The van der Waals surface area contributed by atoms with Gasteiger partial charge in [0, 0.05) is 18.6 Å². The number of alkyl halides is 3. The fourth-order valence-electron chi connectivity index (χ4n) is 3.29. The Balaban J connectivity index is 1.59. The number of hydrogen-bond donors (Lipinski definition) is 2. The summed E-state index contributed by atoms with van der Waals surface area (Å²) in [4.78, 5) is 12.1. The normalized spacial score (nSPS) is 27.9. The van der Waals surface area contributed by atoms with Crippen LogP contribution >= 0.6 is 0 Å². The Morgan fingerprint density at radius 2 is 2.14 bits per heavy atom. The molecule has 3 rings (SSSR count). The van der Waals surface area contributed by atoms with Gasteiger partial charge in [-0.05, 0) is 37.0 Å². The summed E-state index contributed by atoms with van der Waals surface area (Å²) < 4.78 is 37.9. The molecule has 2 aliphatic rings. The van der Waals surface area contributed by atoms with E-state index in [1.807, 2.05) is 0 Å². The topological polar surface area (TPSA) is 41.1 Å². The average molecular weight is 298 g/mol. The van der Waals surface area contributed by atoms with Gasteiger partial charge >= 0.3 is 6.18 Å². The van der Waals surface area contributed by atoms with Crippen LogP contribution in [0.2, 0.25) is 0 Å². The number of fused-ring (bicyclic) bond motifs is 2. The number of carbonyl (C=O) groups is 1. The first-order chi connectivity index (χ1) is 9.93. The van der Waals surface area contributed by atoms with Crippen LogP contribution in [0.15, 0.2) is 24.3 Å². The van der Waals surface area contributed by atoms with Gasteiger partial charge in [0.1, 0.15) is 0 Å². The van der Waals surface area contributed by atoms with Crippen LogP contribution < -0.4 is 10.6 Å². The van der Waals surface area contributed by atoms with Crippen molar-refractivity contribution in [2.45, 2.75) is 44.1 Å². The molecule has 2 saturated heterocycles. The third-order valence-corrected chi connectivity index (χ3v) is 4.36. The van der Waals surface area contributed by atoms with E-state index >= 15 is 0 Å². The lowest BCUT2D eigenvalue weighted by Crippen LogP contribution is -2.37. The van der Waals surface area contributed by atoms with Gasteiger partial charge in [-0.25, -0.2) is 0 Å². The van der Waals surface area contributed by atoms with Gasteiger partial charge < -0.3 is 10.6 Å². The minimum atomic E-state index is -4.35. The molecule has 2 aliphatic heterocycles. The van der Waals surface area contributed by atoms with Crippen molar-refractivity contribution in [1.82, 2.24) is 10.6 Å². The minimum Gasteiger partial charge on any atom is -0.352 e. The summed E-state index contributed by atoms with van der Waals surface area (Å²) in [6, 6.07) is 5.73. The molecule has 1 aromatic carbocycles. The summed E-state index contributed by atoms with van der Waals surface area (Å²) in [5, 5.41) is 6.13. The van der Waals surface area contributed by atoms with E-state index in [4.69, 9.17) is 0 Å². The lowest BCUT2D eigenvalue weighted by Gasteiger charge is -2.19. The van der Waals surface area contributed by atoms with Crippen LogP contribution in [0.4, 0.5) is 13.2 Å². The third kappa shape index (κ3) is 3.05. The maximum Gasteiger partial charge on any atom is 0.416 e. The summed E-state index contributed by atoms with van der Waals surface area (Å²) in [6.07, 6.45) is -1.40. The zero-order chi connectivity index (χ0) is 15.0. The lowest BCUT2D eigenvalue weighted by atomic mass is 9.88. The smallest absolute Gasteiger partial charge is 0.352 e. The highest BCUT2D eigenvalue weighted by Crippen LogP contribution is 2.33. The van der Waals surface area contributed by atoms with Gasteiger partial charge in [0.05, 0.1) is 11.5 Å². The average Bonchev–Trinajstić information content (AvgIpc) is 3.07. The lowest BCUT2D eigenvalue weighted by molar-refractivity contribution is -0.137. The van der Waals surface area contributed by atoms with Crippen molar-refractivity contribution in [1.29, 1.82) is 0 Å². The molecule has 114 valence electrons. The second kappa shape index (κ2) is 5.33.